The molecule has 0 heterocycles. The van der Waals surface area contributed by atoms with E-state index in [0.717, 1.165) is 43.9 Å². The minimum Gasteiger partial charge on any atom is -0.446 e. The minimum absolute atomic E-state index is 0.163. The number of carbonyl (C=O) groups excluding carboxylic acids is 1. The molecule has 0 spiro atoms. The smallest absolute Gasteiger partial charge is 0.407 e. The first kappa shape index (κ1) is 27.0. The molecule has 4 bridgehead atoms. The van der Waals surface area contributed by atoms with Gasteiger partial charge >= 0.3 is 6.09 Å². The first-order valence-corrected chi connectivity index (χ1v) is 17.0. The van der Waals surface area contributed by atoms with E-state index in [-0.39, 0.29) is 29.8 Å². The Labute approximate surface area is 236 Å². The molecular formula is C34H55NO4. The molecule has 0 aromatic rings. The fourth-order valence-corrected chi connectivity index (χ4v) is 13.0. The van der Waals surface area contributed by atoms with Crippen LogP contribution in [0.1, 0.15) is 111 Å². The van der Waals surface area contributed by atoms with E-state index in [0.29, 0.717) is 59.3 Å². The summed E-state index contributed by atoms with van der Waals surface area (Å²) in [6.07, 6.45) is 16.0. The SMILES string of the molecule is C[C@H](CCNC(=O)OC1C2CC3CC(C2)CC1C3)[C@H]1CC[C@H]2[C@@H]3[C@H](O)C[C@@H]4C[C@H](O)CC[C@]4(C)[C@H]3CC[C@]12C. The van der Waals surface area contributed by atoms with Gasteiger partial charge in [-0.15, -0.1) is 0 Å². The lowest BCUT2D eigenvalue weighted by molar-refractivity contribution is -0.174. The van der Waals surface area contributed by atoms with Gasteiger partial charge in [-0.25, -0.2) is 4.79 Å². The summed E-state index contributed by atoms with van der Waals surface area (Å²) in [7, 11) is 0. The number of ether oxygens (including phenoxy) is 1. The van der Waals surface area contributed by atoms with Gasteiger partial charge in [0.15, 0.2) is 0 Å². The van der Waals surface area contributed by atoms with Crippen LogP contribution in [0.2, 0.25) is 0 Å². The quantitative estimate of drug-likeness (QED) is 0.369. The molecule has 0 unspecified atom stereocenters. The third-order valence-electron chi connectivity index (χ3n) is 14.7. The van der Waals surface area contributed by atoms with Gasteiger partial charge in [-0.05, 0) is 160 Å². The van der Waals surface area contributed by atoms with Crippen LogP contribution >= 0.6 is 0 Å². The Balaban J connectivity index is 0.943. The van der Waals surface area contributed by atoms with Crippen LogP contribution in [-0.2, 0) is 4.74 Å². The van der Waals surface area contributed by atoms with Crippen LogP contribution in [0.5, 0.6) is 0 Å². The molecule has 0 radical (unpaired) electrons. The zero-order valence-corrected chi connectivity index (χ0v) is 24.8. The average molecular weight is 542 g/mol. The predicted molar refractivity (Wildman–Crippen MR) is 152 cm³/mol. The third-order valence-corrected chi connectivity index (χ3v) is 14.7. The van der Waals surface area contributed by atoms with Crippen molar-refractivity contribution >= 4 is 6.09 Å². The molecule has 8 rings (SSSR count). The minimum atomic E-state index is -0.210. The van der Waals surface area contributed by atoms with Gasteiger partial charge in [0.25, 0.3) is 0 Å². The molecule has 5 heteroatoms. The molecule has 0 aromatic heterocycles. The Kier molecular flexibility index (Phi) is 6.86. The van der Waals surface area contributed by atoms with E-state index in [2.05, 4.69) is 26.1 Å². The zero-order chi connectivity index (χ0) is 27.1. The lowest BCUT2D eigenvalue weighted by Crippen LogP contribution is -2.58. The number of nitrogens with one attached hydrogen (secondary N) is 1. The Morgan fingerprint density at radius 2 is 1.54 bits per heavy atom. The van der Waals surface area contributed by atoms with Crippen molar-refractivity contribution in [1.82, 2.24) is 5.32 Å². The van der Waals surface area contributed by atoms with E-state index >= 15 is 0 Å². The highest BCUT2D eigenvalue weighted by Gasteiger charge is 2.62. The largest absolute Gasteiger partial charge is 0.446 e. The number of amides is 1. The highest BCUT2D eigenvalue weighted by Crippen LogP contribution is 2.68. The van der Waals surface area contributed by atoms with Crippen LogP contribution in [0.3, 0.4) is 0 Å². The molecule has 220 valence electrons. The number of alkyl carbamates (subject to hydrolysis) is 1. The fourth-order valence-electron chi connectivity index (χ4n) is 13.0. The van der Waals surface area contributed by atoms with Gasteiger partial charge in [0.2, 0.25) is 0 Å². The highest BCUT2D eigenvalue weighted by atomic mass is 16.6. The molecule has 0 saturated heterocycles. The Morgan fingerprint density at radius 1 is 0.872 bits per heavy atom. The summed E-state index contributed by atoms with van der Waals surface area (Å²) >= 11 is 0. The summed E-state index contributed by atoms with van der Waals surface area (Å²) in [4.78, 5) is 12.8. The van der Waals surface area contributed by atoms with E-state index in [9.17, 15) is 15.0 Å². The summed E-state index contributed by atoms with van der Waals surface area (Å²) in [5.41, 5.74) is 0.579. The summed E-state index contributed by atoms with van der Waals surface area (Å²) in [5.74, 6) is 6.36. The maximum atomic E-state index is 12.8. The molecule has 3 N–H and O–H groups in total. The van der Waals surface area contributed by atoms with Crippen LogP contribution in [0.15, 0.2) is 0 Å². The van der Waals surface area contributed by atoms with Crippen LogP contribution in [-0.4, -0.2) is 41.2 Å². The first-order valence-electron chi connectivity index (χ1n) is 17.0. The van der Waals surface area contributed by atoms with Gasteiger partial charge in [-0.3, -0.25) is 0 Å². The monoisotopic (exact) mass is 541 g/mol. The lowest BCUT2D eigenvalue weighted by atomic mass is 9.43. The second-order valence-electron chi connectivity index (χ2n) is 16.4. The van der Waals surface area contributed by atoms with E-state index < -0.39 is 0 Å². The molecule has 8 saturated carbocycles. The number of carbonyl (C=O) groups is 1. The molecule has 1 amide bonds. The number of fused-ring (bicyclic) bond motifs is 5. The summed E-state index contributed by atoms with van der Waals surface area (Å²) < 4.78 is 6.08. The van der Waals surface area contributed by atoms with Crippen molar-refractivity contribution in [2.45, 2.75) is 129 Å². The van der Waals surface area contributed by atoms with Crippen LogP contribution in [0.25, 0.3) is 0 Å². The van der Waals surface area contributed by atoms with Crippen LogP contribution in [0, 0.1) is 70.0 Å². The first-order chi connectivity index (χ1) is 18.7. The van der Waals surface area contributed by atoms with Crippen molar-refractivity contribution in [3.63, 3.8) is 0 Å². The van der Waals surface area contributed by atoms with Crippen molar-refractivity contribution in [1.29, 1.82) is 0 Å². The fraction of sp³-hybridized carbons (Fsp3) is 0.971. The number of hydrogen-bond acceptors (Lipinski definition) is 4. The predicted octanol–water partition coefficient (Wildman–Crippen LogP) is 6.55. The molecule has 8 aliphatic rings. The van der Waals surface area contributed by atoms with Crippen molar-refractivity contribution in [3.05, 3.63) is 0 Å². The van der Waals surface area contributed by atoms with E-state index in [1.54, 1.807) is 0 Å². The van der Waals surface area contributed by atoms with Crippen molar-refractivity contribution in [2.24, 2.45) is 70.0 Å². The molecule has 8 fully saturated rings. The van der Waals surface area contributed by atoms with Crippen molar-refractivity contribution in [2.75, 3.05) is 6.54 Å². The van der Waals surface area contributed by atoms with Gasteiger partial charge in [0.05, 0.1) is 12.2 Å². The topological polar surface area (TPSA) is 78.8 Å². The number of rotatable bonds is 5. The number of hydrogen-bond donors (Lipinski definition) is 3. The normalized spacial score (nSPS) is 54.4. The van der Waals surface area contributed by atoms with Gasteiger partial charge in [0.1, 0.15) is 6.10 Å². The molecule has 0 aliphatic heterocycles. The van der Waals surface area contributed by atoms with E-state index in [1.165, 1.54) is 57.8 Å². The molecule has 8 aliphatic carbocycles. The Morgan fingerprint density at radius 3 is 2.26 bits per heavy atom. The lowest BCUT2D eigenvalue weighted by Gasteiger charge is -2.62. The molecular weight excluding hydrogens is 486 g/mol. The summed E-state index contributed by atoms with van der Waals surface area (Å²) in [5, 5.41) is 25.0. The Hall–Kier alpha value is -0.810. The van der Waals surface area contributed by atoms with E-state index in [1.807, 2.05) is 0 Å². The Bertz CT molecular complexity index is 910. The average Bonchev–Trinajstić information content (AvgIpc) is 3.24. The molecule has 10 atom stereocenters. The van der Waals surface area contributed by atoms with E-state index in [4.69, 9.17) is 4.74 Å². The zero-order valence-electron chi connectivity index (χ0n) is 24.8. The second-order valence-corrected chi connectivity index (χ2v) is 16.4. The van der Waals surface area contributed by atoms with Gasteiger partial charge in [-0.1, -0.05) is 20.8 Å². The highest BCUT2D eigenvalue weighted by molar-refractivity contribution is 5.67. The standard InChI is InChI=1S/C34H55NO4/c1-19(8-11-35-32(38)39-31-22-13-20-12-21(15-22)16-23(31)14-20)26-4-5-27-30-28(7-10-34(26,27)3)33(2)9-6-25(36)17-24(33)18-29(30)37/h19-31,36-37H,4-18H2,1-3H3,(H,35,38)/t19-,20?,21?,22?,23?,24+,25-,26-,27+,28+,29-,30+,31?,33+,34-/m1/s1. The van der Waals surface area contributed by atoms with Gasteiger partial charge in [0, 0.05) is 6.54 Å². The second kappa shape index (κ2) is 9.89. The van der Waals surface area contributed by atoms with Crippen LogP contribution in [0.4, 0.5) is 4.79 Å². The van der Waals surface area contributed by atoms with Crippen LogP contribution < -0.4 is 5.32 Å². The molecule has 0 aromatic carbocycles. The summed E-state index contributed by atoms with van der Waals surface area (Å²) in [6.45, 7) is 8.16. The molecule has 5 nitrogen and oxygen atoms in total. The van der Waals surface area contributed by atoms with Crippen molar-refractivity contribution in [3.8, 4) is 0 Å². The number of aliphatic hydroxyl groups is 2. The van der Waals surface area contributed by atoms with Gasteiger partial charge < -0.3 is 20.3 Å². The maximum Gasteiger partial charge on any atom is 0.407 e. The third kappa shape index (κ3) is 4.41. The van der Waals surface area contributed by atoms with Gasteiger partial charge in [-0.2, -0.15) is 0 Å². The number of aliphatic hydroxyl groups excluding tert-OH is 2. The van der Waals surface area contributed by atoms with Crippen molar-refractivity contribution < 1.29 is 19.7 Å². The maximum absolute atomic E-state index is 12.8. The summed E-state index contributed by atoms with van der Waals surface area (Å²) in [6, 6.07) is 0. The molecule has 39 heavy (non-hydrogen) atoms.